The Balaban J connectivity index is 1.72. The second kappa shape index (κ2) is 10.1. The summed E-state index contributed by atoms with van der Waals surface area (Å²) in [5, 5.41) is 2.69. The standard InChI is InChI=1S/C23H23N3O4S/c1-4-12-26-22(29)20(31-23(26)25-17-8-10-19(30-3)11-9-17)14-21(28)24-18-7-5-6-16(13-18)15(2)27/h4-11,13,20H,1,12,14H2,2-3H3,(H,24,28). The predicted octanol–water partition coefficient (Wildman–Crippen LogP) is 4.04. The summed E-state index contributed by atoms with van der Waals surface area (Å²) in [4.78, 5) is 43.0. The van der Waals surface area contributed by atoms with E-state index >= 15 is 0 Å². The fraction of sp³-hybridized carbons (Fsp3) is 0.217. The molecule has 8 heteroatoms. The molecular formula is C23H23N3O4S. The zero-order chi connectivity index (χ0) is 22.4. The molecule has 31 heavy (non-hydrogen) atoms. The topological polar surface area (TPSA) is 88.1 Å². The molecule has 0 spiro atoms. The minimum absolute atomic E-state index is 0.0108. The summed E-state index contributed by atoms with van der Waals surface area (Å²) in [6.45, 7) is 5.48. The molecule has 3 rings (SSSR count). The van der Waals surface area contributed by atoms with Crippen molar-refractivity contribution in [1.82, 2.24) is 4.90 Å². The lowest BCUT2D eigenvalue weighted by molar-refractivity contribution is -0.127. The lowest BCUT2D eigenvalue weighted by Gasteiger charge is -2.14. The molecule has 0 radical (unpaired) electrons. The van der Waals surface area contributed by atoms with Crippen molar-refractivity contribution in [3.05, 3.63) is 66.7 Å². The number of amides is 2. The number of methoxy groups -OCH3 is 1. The monoisotopic (exact) mass is 437 g/mol. The van der Waals surface area contributed by atoms with Gasteiger partial charge in [0.15, 0.2) is 11.0 Å². The average molecular weight is 438 g/mol. The Morgan fingerprint density at radius 2 is 2.00 bits per heavy atom. The summed E-state index contributed by atoms with van der Waals surface area (Å²) in [7, 11) is 1.59. The van der Waals surface area contributed by atoms with Gasteiger partial charge in [0.1, 0.15) is 11.0 Å². The van der Waals surface area contributed by atoms with Crippen LogP contribution in [0.5, 0.6) is 5.75 Å². The second-order valence-corrected chi connectivity index (χ2v) is 8.00. The number of rotatable bonds is 8. The fourth-order valence-electron chi connectivity index (χ4n) is 2.99. The van der Waals surface area contributed by atoms with E-state index in [1.165, 1.54) is 23.6 Å². The van der Waals surface area contributed by atoms with Gasteiger partial charge in [-0.3, -0.25) is 19.3 Å². The first-order valence-corrected chi connectivity index (χ1v) is 10.5. The Kier molecular flexibility index (Phi) is 7.25. The summed E-state index contributed by atoms with van der Waals surface area (Å²) in [6, 6.07) is 13.9. The van der Waals surface area contributed by atoms with Gasteiger partial charge in [0.2, 0.25) is 11.8 Å². The van der Waals surface area contributed by atoms with Gasteiger partial charge in [-0.15, -0.1) is 6.58 Å². The van der Waals surface area contributed by atoms with Crippen LogP contribution in [-0.4, -0.2) is 46.6 Å². The number of benzene rings is 2. The highest BCUT2D eigenvalue weighted by Crippen LogP contribution is 2.32. The van der Waals surface area contributed by atoms with E-state index in [1.807, 2.05) is 0 Å². The molecular weight excluding hydrogens is 414 g/mol. The van der Waals surface area contributed by atoms with Crippen LogP contribution in [0, 0.1) is 0 Å². The van der Waals surface area contributed by atoms with Crippen molar-refractivity contribution in [2.24, 2.45) is 4.99 Å². The zero-order valence-electron chi connectivity index (χ0n) is 17.3. The normalized spacial score (nSPS) is 17.0. The van der Waals surface area contributed by atoms with E-state index in [1.54, 1.807) is 61.7 Å². The van der Waals surface area contributed by atoms with E-state index in [-0.39, 0.29) is 24.0 Å². The fourth-order valence-corrected chi connectivity index (χ4v) is 4.15. The summed E-state index contributed by atoms with van der Waals surface area (Å²) in [5.74, 6) is 0.128. The number of hydrogen-bond donors (Lipinski definition) is 1. The van der Waals surface area contributed by atoms with Gasteiger partial charge in [-0.1, -0.05) is 30.0 Å². The molecule has 1 heterocycles. The maximum Gasteiger partial charge on any atom is 0.242 e. The molecule has 1 unspecified atom stereocenters. The van der Waals surface area contributed by atoms with Crippen LogP contribution in [0.1, 0.15) is 23.7 Å². The van der Waals surface area contributed by atoms with Crippen molar-refractivity contribution in [3.63, 3.8) is 0 Å². The van der Waals surface area contributed by atoms with E-state index in [9.17, 15) is 14.4 Å². The van der Waals surface area contributed by atoms with Crippen LogP contribution in [0.3, 0.4) is 0 Å². The number of ketones is 1. The van der Waals surface area contributed by atoms with Gasteiger partial charge in [0.05, 0.1) is 12.8 Å². The lowest BCUT2D eigenvalue weighted by atomic mass is 10.1. The Morgan fingerprint density at radius 1 is 1.26 bits per heavy atom. The minimum atomic E-state index is -0.590. The van der Waals surface area contributed by atoms with Crippen molar-refractivity contribution in [1.29, 1.82) is 0 Å². The third-order valence-electron chi connectivity index (χ3n) is 4.55. The molecule has 1 N–H and O–H groups in total. The number of hydrogen-bond acceptors (Lipinski definition) is 6. The Labute approximate surface area is 185 Å². The summed E-state index contributed by atoms with van der Waals surface area (Å²) < 4.78 is 5.15. The molecule has 2 aromatic rings. The molecule has 1 aliphatic rings. The van der Waals surface area contributed by atoms with Crippen molar-refractivity contribution < 1.29 is 19.1 Å². The third kappa shape index (κ3) is 5.61. The smallest absolute Gasteiger partial charge is 0.242 e. The van der Waals surface area contributed by atoms with Gasteiger partial charge < -0.3 is 10.1 Å². The molecule has 1 fully saturated rings. The van der Waals surface area contributed by atoms with Crippen molar-refractivity contribution >= 4 is 45.9 Å². The van der Waals surface area contributed by atoms with Crippen LogP contribution in [0.2, 0.25) is 0 Å². The first-order valence-electron chi connectivity index (χ1n) is 9.63. The summed E-state index contributed by atoms with van der Waals surface area (Å²) in [6.07, 6.45) is 1.61. The maximum absolute atomic E-state index is 12.9. The summed E-state index contributed by atoms with van der Waals surface area (Å²) in [5.41, 5.74) is 1.70. The van der Waals surface area contributed by atoms with Crippen LogP contribution in [0.25, 0.3) is 0 Å². The number of carbonyl (C=O) groups is 3. The van der Waals surface area contributed by atoms with E-state index in [2.05, 4.69) is 16.9 Å². The number of aliphatic imine (C=N–C) groups is 1. The SMILES string of the molecule is C=CCN1C(=O)C(CC(=O)Nc2cccc(C(C)=O)c2)SC1=Nc1ccc(OC)cc1. The molecule has 7 nitrogen and oxygen atoms in total. The van der Waals surface area contributed by atoms with Gasteiger partial charge in [-0.05, 0) is 43.3 Å². The van der Waals surface area contributed by atoms with Gasteiger partial charge >= 0.3 is 0 Å². The number of ether oxygens (including phenoxy) is 1. The highest BCUT2D eigenvalue weighted by Gasteiger charge is 2.38. The summed E-state index contributed by atoms with van der Waals surface area (Å²) >= 11 is 1.25. The molecule has 1 aliphatic heterocycles. The number of carbonyl (C=O) groups excluding carboxylic acids is 3. The van der Waals surface area contributed by atoms with Gasteiger partial charge in [0, 0.05) is 24.2 Å². The molecule has 0 aliphatic carbocycles. The molecule has 0 aromatic heterocycles. The lowest BCUT2D eigenvalue weighted by Crippen LogP contribution is -2.33. The number of thioether (sulfide) groups is 1. The van der Waals surface area contributed by atoms with Crippen molar-refractivity contribution in [2.45, 2.75) is 18.6 Å². The molecule has 2 aromatic carbocycles. The zero-order valence-corrected chi connectivity index (χ0v) is 18.1. The van der Waals surface area contributed by atoms with E-state index in [4.69, 9.17) is 4.74 Å². The van der Waals surface area contributed by atoms with E-state index in [0.717, 1.165) is 0 Å². The minimum Gasteiger partial charge on any atom is -0.497 e. The predicted molar refractivity (Wildman–Crippen MR) is 123 cm³/mol. The highest BCUT2D eigenvalue weighted by atomic mass is 32.2. The van der Waals surface area contributed by atoms with Crippen molar-refractivity contribution in [2.75, 3.05) is 19.0 Å². The van der Waals surface area contributed by atoms with Gasteiger partial charge in [-0.2, -0.15) is 0 Å². The second-order valence-electron chi connectivity index (χ2n) is 6.83. The van der Waals surface area contributed by atoms with Crippen LogP contribution < -0.4 is 10.1 Å². The number of nitrogens with zero attached hydrogens (tertiary/aromatic N) is 2. The number of nitrogens with one attached hydrogen (secondary N) is 1. The van der Waals surface area contributed by atoms with Crippen LogP contribution >= 0.6 is 11.8 Å². The largest absolute Gasteiger partial charge is 0.497 e. The van der Waals surface area contributed by atoms with Crippen molar-refractivity contribution in [3.8, 4) is 5.75 Å². The maximum atomic E-state index is 12.9. The van der Waals surface area contributed by atoms with Crippen LogP contribution in [0.4, 0.5) is 11.4 Å². The number of anilines is 1. The van der Waals surface area contributed by atoms with E-state index < -0.39 is 5.25 Å². The molecule has 160 valence electrons. The Hall–Kier alpha value is -3.39. The molecule has 1 saturated heterocycles. The molecule has 2 amide bonds. The Morgan fingerprint density at radius 3 is 2.65 bits per heavy atom. The van der Waals surface area contributed by atoms with Gasteiger partial charge in [0.25, 0.3) is 0 Å². The van der Waals surface area contributed by atoms with Gasteiger partial charge in [-0.25, -0.2) is 4.99 Å². The quantitative estimate of drug-likeness (QED) is 0.497. The Bertz CT molecular complexity index is 1030. The molecule has 0 saturated carbocycles. The van der Waals surface area contributed by atoms with Crippen LogP contribution in [0.15, 0.2) is 66.2 Å². The number of Topliss-reactive ketones (excluding diaryl/α,β-unsaturated/α-hetero) is 1. The first-order chi connectivity index (χ1) is 14.9. The third-order valence-corrected chi connectivity index (χ3v) is 5.73. The molecule has 1 atom stereocenters. The average Bonchev–Trinajstić information content (AvgIpc) is 3.03. The number of amidine groups is 1. The van der Waals surface area contributed by atoms with E-state index in [0.29, 0.717) is 34.4 Å². The van der Waals surface area contributed by atoms with Crippen LogP contribution in [-0.2, 0) is 9.59 Å². The highest BCUT2D eigenvalue weighted by molar-refractivity contribution is 8.15. The first kappa shape index (κ1) is 22.3. The molecule has 0 bridgehead atoms.